The van der Waals surface area contributed by atoms with Crippen LogP contribution >= 0.6 is 0 Å². The molecular weight excluding hydrogens is 284 g/mol. The predicted octanol–water partition coefficient (Wildman–Crippen LogP) is 5.72. The highest BCUT2D eigenvalue weighted by Gasteiger charge is 2.25. The molecule has 0 heterocycles. The van der Waals surface area contributed by atoms with E-state index in [1.807, 2.05) is 38.1 Å². The summed E-state index contributed by atoms with van der Waals surface area (Å²) >= 11 is 0. The van der Waals surface area contributed by atoms with E-state index in [1.165, 1.54) is 12.1 Å². The lowest BCUT2D eigenvalue weighted by molar-refractivity contribution is 0.0173. The van der Waals surface area contributed by atoms with Gasteiger partial charge in [0.1, 0.15) is 11.5 Å². The Labute approximate surface area is 130 Å². The number of halogens is 2. The molecule has 0 aliphatic carbocycles. The number of ether oxygens (including phenoxy) is 1. The zero-order valence-electron chi connectivity index (χ0n) is 13.1. The van der Waals surface area contributed by atoms with Crippen LogP contribution in [0.25, 0.3) is 0 Å². The molecule has 0 saturated heterocycles. The van der Waals surface area contributed by atoms with Crippen molar-refractivity contribution in [3.05, 3.63) is 53.6 Å². The van der Waals surface area contributed by atoms with Crippen molar-refractivity contribution in [2.45, 2.75) is 33.1 Å². The third-order valence-corrected chi connectivity index (χ3v) is 3.25. The van der Waals surface area contributed by atoms with Crippen molar-refractivity contribution in [2.75, 3.05) is 11.9 Å². The second-order valence-corrected chi connectivity index (χ2v) is 5.48. The van der Waals surface area contributed by atoms with E-state index in [4.69, 9.17) is 4.74 Å². The maximum Gasteiger partial charge on any atom is 0.270 e. The Morgan fingerprint density at radius 3 is 2.32 bits per heavy atom. The van der Waals surface area contributed by atoms with Gasteiger partial charge in [-0.15, -0.1) is 0 Å². The van der Waals surface area contributed by atoms with E-state index >= 15 is 0 Å². The van der Waals surface area contributed by atoms with Crippen LogP contribution in [0.5, 0.6) is 11.5 Å². The highest BCUT2D eigenvalue weighted by molar-refractivity contribution is 5.53. The van der Waals surface area contributed by atoms with Gasteiger partial charge in [-0.1, -0.05) is 24.6 Å². The van der Waals surface area contributed by atoms with Gasteiger partial charge in [0.05, 0.1) is 0 Å². The van der Waals surface area contributed by atoms with Gasteiger partial charge in [-0.05, 0) is 37.6 Å². The quantitative estimate of drug-likeness (QED) is 0.737. The number of benzene rings is 2. The number of nitrogens with one attached hydrogen (secondary N) is 1. The number of rotatable bonds is 6. The van der Waals surface area contributed by atoms with Crippen molar-refractivity contribution in [3.8, 4) is 11.5 Å². The lowest BCUT2D eigenvalue weighted by atomic mass is 10.1. The Morgan fingerprint density at radius 1 is 1.05 bits per heavy atom. The number of aryl methyl sites for hydroxylation is 1. The first-order valence-corrected chi connectivity index (χ1v) is 7.40. The van der Waals surface area contributed by atoms with Gasteiger partial charge in [-0.3, -0.25) is 0 Å². The molecule has 0 atom stereocenters. The maximum absolute atomic E-state index is 13.6. The van der Waals surface area contributed by atoms with Crippen LogP contribution in [0.4, 0.5) is 14.5 Å². The Hall–Kier alpha value is -2.10. The second kappa shape index (κ2) is 6.77. The van der Waals surface area contributed by atoms with E-state index in [2.05, 4.69) is 5.32 Å². The molecule has 118 valence electrons. The van der Waals surface area contributed by atoms with Crippen LogP contribution < -0.4 is 10.1 Å². The van der Waals surface area contributed by atoms with Gasteiger partial charge in [-0.2, -0.15) is 0 Å². The Kier molecular flexibility index (Phi) is 5.01. The van der Waals surface area contributed by atoms with Crippen molar-refractivity contribution in [3.63, 3.8) is 0 Å². The van der Waals surface area contributed by atoms with Gasteiger partial charge in [0.2, 0.25) is 0 Å². The summed E-state index contributed by atoms with van der Waals surface area (Å²) in [6.45, 7) is 5.62. The lowest BCUT2D eigenvalue weighted by Gasteiger charge is -2.16. The molecule has 0 fully saturated rings. The van der Waals surface area contributed by atoms with E-state index in [9.17, 15) is 8.78 Å². The van der Waals surface area contributed by atoms with Gasteiger partial charge in [0.25, 0.3) is 5.92 Å². The molecule has 22 heavy (non-hydrogen) atoms. The van der Waals surface area contributed by atoms with E-state index in [0.29, 0.717) is 17.2 Å². The zero-order chi connectivity index (χ0) is 16.2. The molecule has 2 rings (SSSR count). The van der Waals surface area contributed by atoms with Crippen LogP contribution in [0.3, 0.4) is 0 Å². The summed E-state index contributed by atoms with van der Waals surface area (Å²) in [6, 6.07) is 12.1. The summed E-state index contributed by atoms with van der Waals surface area (Å²) in [6.07, 6.45) is 0.918. The maximum atomic E-state index is 13.6. The second-order valence-electron chi connectivity index (χ2n) is 5.48. The van der Waals surface area contributed by atoms with Crippen LogP contribution in [-0.2, 0) is 5.92 Å². The van der Waals surface area contributed by atoms with Crippen LogP contribution in [0.2, 0.25) is 0 Å². The van der Waals surface area contributed by atoms with Crippen LogP contribution in [0.15, 0.2) is 42.5 Å². The minimum atomic E-state index is -2.91. The molecule has 0 bridgehead atoms. The summed E-state index contributed by atoms with van der Waals surface area (Å²) in [7, 11) is 0. The first-order valence-electron chi connectivity index (χ1n) is 7.40. The molecule has 4 heteroatoms. The molecule has 0 amide bonds. The predicted molar refractivity (Wildman–Crippen MR) is 86.0 cm³/mol. The fraction of sp³-hybridized carbons (Fsp3) is 0.333. The average molecular weight is 305 g/mol. The summed E-state index contributed by atoms with van der Waals surface area (Å²) in [4.78, 5) is 0. The van der Waals surface area contributed by atoms with Crippen molar-refractivity contribution < 1.29 is 13.5 Å². The topological polar surface area (TPSA) is 21.3 Å². The standard InChI is InChI=1S/C18H21F2NO/c1-4-9-21-15-10-14(18(3,19)20)11-17(12-15)22-16-7-5-13(2)6-8-16/h5-8,10-12,21H,4,9H2,1-3H3. The fourth-order valence-electron chi connectivity index (χ4n) is 2.03. The molecule has 0 aliphatic heterocycles. The Balaban J connectivity index is 2.30. The van der Waals surface area contributed by atoms with E-state index < -0.39 is 5.92 Å². The highest BCUT2D eigenvalue weighted by atomic mass is 19.3. The van der Waals surface area contributed by atoms with Crippen LogP contribution in [-0.4, -0.2) is 6.54 Å². The van der Waals surface area contributed by atoms with E-state index in [1.54, 1.807) is 6.07 Å². The lowest BCUT2D eigenvalue weighted by Crippen LogP contribution is -2.09. The molecule has 2 aromatic rings. The van der Waals surface area contributed by atoms with Crippen molar-refractivity contribution in [2.24, 2.45) is 0 Å². The molecule has 0 aliphatic rings. The number of alkyl halides is 2. The highest BCUT2D eigenvalue weighted by Crippen LogP contribution is 2.34. The Bertz CT molecular complexity index is 618. The molecule has 0 spiro atoms. The van der Waals surface area contributed by atoms with Crippen LogP contribution in [0, 0.1) is 6.92 Å². The molecule has 2 aromatic carbocycles. The Morgan fingerprint density at radius 2 is 1.73 bits per heavy atom. The third kappa shape index (κ3) is 4.45. The van der Waals surface area contributed by atoms with E-state index in [0.717, 1.165) is 25.5 Å². The first kappa shape index (κ1) is 16.3. The summed E-state index contributed by atoms with van der Waals surface area (Å²) in [5.41, 5.74) is 1.70. The van der Waals surface area contributed by atoms with Gasteiger partial charge >= 0.3 is 0 Å². The number of anilines is 1. The zero-order valence-corrected chi connectivity index (χ0v) is 13.1. The molecule has 1 N–H and O–H groups in total. The molecule has 0 radical (unpaired) electrons. The molecule has 2 nitrogen and oxygen atoms in total. The third-order valence-electron chi connectivity index (χ3n) is 3.25. The van der Waals surface area contributed by atoms with Gasteiger partial charge in [0.15, 0.2) is 0 Å². The summed E-state index contributed by atoms with van der Waals surface area (Å²) < 4.78 is 33.0. The smallest absolute Gasteiger partial charge is 0.270 e. The molecule has 0 unspecified atom stereocenters. The monoisotopic (exact) mass is 305 g/mol. The normalized spacial score (nSPS) is 11.3. The molecule has 0 saturated carbocycles. The fourth-order valence-corrected chi connectivity index (χ4v) is 2.03. The minimum Gasteiger partial charge on any atom is -0.457 e. The van der Waals surface area contributed by atoms with Crippen molar-refractivity contribution in [1.82, 2.24) is 0 Å². The van der Waals surface area contributed by atoms with Gasteiger partial charge in [-0.25, -0.2) is 8.78 Å². The summed E-state index contributed by atoms with van der Waals surface area (Å²) in [5, 5.41) is 3.13. The minimum absolute atomic E-state index is 0.0595. The van der Waals surface area contributed by atoms with Gasteiger partial charge in [0, 0.05) is 30.8 Å². The molecular formula is C18H21F2NO. The molecule has 0 aromatic heterocycles. The SMILES string of the molecule is CCCNc1cc(Oc2ccc(C)cc2)cc(C(C)(F)F)c1. The average Bonchev–Trinajstić information content (AvgIpc) is 2.46. The van der Waals surface area contributed by atoms with Crippen LogP contribution in [0.1, 0.15) is 31.4 Å². The first-order chi connectivity index (χ1) is 10.4. The van der Waals surface area contributed by atoms with Gasteiger partial charge < -0.3 is 10.1 Å². The van der Waals surface area contributed by atoms with E-state index in [-0.39, 0.29) is 5.56 Å². The largest absolute Gasteiger partial charge is 0.457 e. The van der Waals surface area contributed by atoms with Crippen molar-refractivity contribution in [1.29, 1.82) is 0 Å². The summed E-state index contributed by atoms with van der Waals surface area (Å²) in [5.74, 6) is -1.87. The number of hydrogen-bond acceptors (Lipinski definition) is 2. The van der Waals surface area contributed by atoms with Crippen molar-refractivity contribution >= 4 is 5.69 Å². The number of hydrogen-bond donors (Lipinski definition) is 1.